The maximum atomic E-state index is 13.1. The topological polar surface area (TPSA) is 46.6 Å². The molecule has 1 aliphatic heterocycles. The van der Waals surface area contributed by atoms with Gasteiger partial charge in [0.25, 0.3) is 0 Å². The van der Waals surface area contributed by atoms with Gasteiger partial charge >= 0.3 is 0 Å². The third-order valence-electron chi connectivity index (χ3n) is 3.95. The van der Waals surface area contributed by atoms with Crippen LogP contribution in [0.15, 0.2) is 48.5 Å². The monoisotopic (exact) mass is 353 g/mol. The zero-order chi connectivity index (χ0) is 17.2. The van der Waals surface area contributed by atoms with E-state index in [-0.39, 0.29) is 24.7 Å². The number of hydrogen-bond acceptors (Lipinski definition) is 3. The summed E-state index contributed by atoms with van der Waals surface area (Å²) in [5.74, 6) is -1.01. The zero-order valence-electron chi connectivity index (χ0n) is 12.9. The molecule has 0 N–H and O–H groups in total. The van der Waals surface area contributed by atoms with Gasteiger partial charge in [0.1, 0.15) is 11.6 Å². The van der Waals surface area contributed by atoms with Crippen molar-refractivity contribution in [1.82, 2.24) is 4.31 Å². The number of sulfonamides is 1. The smallest absolute Gasteiger partial charge is 0.219 e. The molecule has 1 unspecified atom stereocenters. The minimum absolute atomic E-state index is 0.217. The van der Waals surface area contributed by atoms with Crippen LogP contribution in [0.4, 0.5) is 8.78 Å². The van der Waals surface area contributed by atoms with Crippen molar-refractivity contribution in [2.24, 2.45) is 0 Å². The van der Waals surface area contributed by atoms with E-state index in [1.807, 2.05) is 0 Å². The second-order valence-corrected chi connectivity index (χ2v) is 7.56. The third kappa shape index (κ3) is 3.80. The van der Waals surface area contributed by atoms with E-state index in [0.717, 1.165) is 0 Å². The van der Waals surface area contributed by atoms with Crippen molar-refractivity contribution in [2.45, 2.75) is 11.8 Å². The molecule has 1 heterocycles. The van der Waals surface area contributed by atoms with E-state index in [1.165, 1.54) is 40.7 Å². The number of morpholine rings is 1. The van der Waals surface area contributed by atoms with Gasteiger partial charge in [-0.25, -0.2) is 17.2 Å². The quantitative estimate of drug-likeness (QED) is 0.849. The Morgan fingerprint density at radius 3 is 2.21 bits per heavy atom. The van der Waals surface area contributed by atoms with Crippen LogP contribution in [0.5, 0.6) is 0 Å². The molecule has 128 valence electrons. The average Bonchev–Trinajstić information content (AvgIpc) is 2.57. The van der Waals surface area contributed by atoms with E-state index in [0.29, 0.717) is 17.7 Å². The van der Waals surface area contributed by atoms with Gasteiger partial charge in [-0.1, -0.05) is 24.3 Å². The number of ether oxygens (including phenoxy) is 1. The first-order valence-corrected chi connectivity index (χ1v) is 9.14. The SMILES string of the molecule is O=S(=O)(Cc1ccc(F)cc1)N1CCOCC1c1ccc(F)cc1. The summed E-state index contributed by atoms with van der Waals surface area (Å²) in [5.41, 5.74) is 1.19. The maximum Gasteiger partial charge on any atom is 0.219 e. The van der Waals surface area contributed by atoms with Crippen LogP contribution in [0.3, 0.4) is 0 Å². The molecule has 0 aliphatic carbocycles. The maximum absolute atomic E-state index is 13.1. The fourth-order valence-electron chi connectivity index (χ4n) is 2.74. The lowest BCUT2D eigenvalue weighted by atomic mass is 10.1. The molecule has 0 saturated carbocycles. The highest BCUT2D eigenvalue weighted by molar-refractivity contribution is 7.88. The molecule has 2 aromatic carbocycles. The number of nitrogens with zero attached hydrogens (tertiary/aromatic N) is 1. The molecular formula is C17H17F2NO3S. The summed E-state index contributed by atoms with van der Waals surface area (Å²) in [6, 6.07) is 10.6. The van der Waals surface area contributed by atoms with Crippen molar-refractivity contribution in [3.8, 4) is 0 Å². The van der Waals surface area contributed by atoms with Crippen LogP contribution < -0.4 is 0 Å². The summed E-state index contributed by atoms with van der Waals surface area (Å²) in [5, 5.41) is 0. The first kappa shape index (κ1) is 17.0. The molecule has 0 radical (unpaired) electrons. The second-order valence-electron chi connectivity index (χ2n) is 5.64. The van der Waals surface area contributed by atoms with E-state index < -0.39 is 21.9 Å². The largest absolute Gasteiger partial charge is 0.378 e. The van der Waals surface area contributed by atoms with Crippen LogP contribution >= 0.6 is 0 Å². The number of benzene rings is 2. The first-order chi connectivity index (χ1) is 11.5. The molecular weight excluding hydrogens is 336 g/mol. The third-order valence-corrected chi connectivity index (χ3v) is 5.80. The average molecular weight is 353 g/mol. The van der Waals surface area contributed by atoms with Crippen LogP contribution in [0.2, 0.25) is 0 Å². The lowest BCUT2D eigenvalue weighted by Crippen LogP contribution is -2.43. The Balaban J connectivity index is 1.85. The summed E-state index contributed by atoms with van der Waals surface area (Å²) < 4.78 is 58.5. The molecule has 2 aromatic rings. The molecule has 1 aliphatic rings. The fraction of sp³-hybridized carbons (Fsp3) is 0.294. The highest BCUT2D eigenvalue weighted by Crippen LogP contribution is 2.28. The summed E-state index contributed by atoms with van der Waals surface area (Å²) >= 11 is 0. The van der Waals surface area contributed by atoms with E-state index in [9.17, 15) is 17.2 Å². The van der Waals surface area contributed by atoms with Gasteiger partial charge in [0.05, 0.1) is 25.0 Å². The van der Waals surface area contributed by atoms with E-state index >= 15 is 0 Å². The first-order valence-electron chi connectivity index (χ1n) is 7.53. The van der Waals surface area contributed by atoms with Gasteiger partial charge in [-0.15, -0.1) is 0 Å². The summed E-state index contributed by atoms with van der Waals surface area (Å²) in [6.45, 7) is 0.750. The van der Waals surface area contributed by atoms with Gasteiger partial charge in [0.2, 0.25) is 10.0 Å². The van der Waals surface area contributed by atoms with Crippen molar-refractivity contribution in [3.63, 3.8) is 0 Å². The summed E-state index contributed by atoms with van der Waals surface area (Å²) in [6.07, 6.45) is 0. The predicted molar refractivity (Wildman–Crippen MR) is 85.7 cm³/mol. The number of hydrogen-bond donors (Lipinski definition) is 0. The van der Waals surface area contributed by atoms with Gasteiger partial charge in [-0.05, 0) is 35.4 Å². The van der Waals surface area contributed by atoms with Gasteiger partial charge in [0.15, 0.2) is 0 Å². The minimum atomic E-state index is -3.62. The summed E-state index contributed by atoms with van der Waals surface area (Å²) in [7, 11) is -3.62. The van der Waals surface area contributed by atoms with E-state index in [4.69, 9.17) is 4.74 Å². The highest BCUT2D eigenvalue weighted by atomic mass is 32.2. The molecule has 24 heavy (non-hydrogen) atoms. The van der Waals surface area contributed by atoms with Crippen molar-refractivity contribution in [1.29, 1.82) is 0 Å². The van der Waals surface area contributed by atoms with Crippen LogP contribution in [-0.2, 0) is 20.5 Å². The van der Waals surface area contributed by atoms with E-state index in [2.05, 4.69) is 0 Å². The normalized spacial score (nSPS) is 19.3. The Hall–Kier alpha value is -1.83. The van der Waals surface area contributed by atoms with Crippen molar-refractivity contribution in [2.75, 3.05) is 19.8 Å². The van der Waals surface area contributed by atoms with E-state index in [1.54, 1.807) is 12.1 Å². The zero-order valence-corrected chi connectivity index (χ0v) is 13.7. The Bertz CT molecular complexity index is 792. The minimum Gasteiger partial charge on any atom is -0.378 e. The fourth-order valence-corrected chi connectivity index (χ4v) is 4.45. The van der Waals surface area contributed by atoms with Gasteiger partial charge < -0.3 is 4.74 Å². The Morgan fingerprint density at radius 2 is 1.58 bits per heavy atom. The predicted octanol–water partition coefficient (Wildman–Crippen LogP) is 2.87. The number of rotatable bonds is 4. The van der Waals surface area contributed by atoms with Crippen LogP contribution in [0.25, 0.3) is 0 Å². The Kier molecular flexibility index (Phi) is 4.93. The Morgan fingerprint density at radius 1 is 1.00 bits per heavy atom. The Labute approximate surface area is 139 Å². The van der Waals surface area contributed by atoms with Gasteiger partial charge in [-0.2, -0.15) is 4.31 Å². The molecule has 4 nitrogen and oxygen atoms in total. The van der Waals surface area contributed by atoms with Crippen LogP contribution in [0, 0.1) is 11.6 Å². The number of halogens is 2. The van der Waals surface area contributed by atoms with Gasteiger partial charge in [-0.3, -0.25) is 0 Å². The molecule has 0 amide bonds. The molecule has 1 atom stereocenters. The van der Waals surface area contributed by atoms with Gasteiger partial charge in [0, 0.05) is 6.54 Å². The molecule has 3 rings (SSSR count). The lowest BCUT2D eigenvalue weighted by Gasteiger charge is -2.35. The van der Waals surface area contributed by atoms with Crippen molar-refractivity contribution >= 4 is 10.0 Å². The lowest BCUT2D eigenvalue weighted by molar-refractivity contribution is 0.0320. The summed E-state index contributed by atoms with van der Waals surface area (Å²) in [4.78, 5) is 0. The van der Waals surface area contributed by atoms with Crippen molar-refractivity contribution < 1.29 is 21.9 Å². The van der Waals surface area contributed by atoms with Crippen LogP contribution in [0.1, 0.15) is 17.2 Å². The molecule has 0 aromatic heterocycles. The van der Waals surface area contributed by atoms with Crippen LogP contribution in [-0.4, -0.2) is 32.5 Å². The molecule has 0 spiro atoms. The highest BCUT2D eigenvalue weighted by Gasteiger charge is 2.33. The molecule has 0 bridgehead atoms. The molecule has 7 heteroatoms. The standard InChI is InChI=1S/C17H17F2NO3S/c18-15-5-1-13(2-6-15)12-24(21,22)20-9-10-23-11-17(20)14-3-7-16(19)8-4-14/h1-8,17H,9-12H2. The second kappa shape index (κ2) is 6.96. The molecule has 1 saturated heterocycles. The van der Waals surface area contributed by atoms with Crippen molar-refractivity contribution in [3.05, 3.63) is 71.3 Å². The molecule has 1 fully saturated rings.